The van der Waals surface area contributed by atoms with E-state index in [4.69, 9.17) is 0 Å². The van der Waals surface area contributed by atoms with Gasteiger partial charge < -0.3 is 15.5 Å². The highest BCUT2D eigenvalue weighted by atomic mass is 16.6. The molecule has 9 heteroatoms. The smallest absolute Gasteiger partial charge is 0.353 e. The summed E-state index contributed by atoms with van der Waals surface area (Å²) >= 11 is 0. The molecule has 0 aliphatic carbocycles. The fourth-order valence-corrected chi connectivity index (χ4v) is 1.71. The molecule has 1 aromatic heterocycles. The molecule has 0 aliphatic heterocycles. The van der Waals surface area contributed by atoms with Crippen molar-refractivity contribution in [1.29, 1.82) is 0 Å². The number of hydrogen-bond donors (Lipinski definition) is 2. The van der Waals surface area contributed by atoms with Crippen LogP contribution in [0.25, 0.3) is 0 Å². The van der Waals surface area contributed by atoms with Crippen LogP contribution in [0.1, 0.15) is 13.8 Å². The molecule has 0 radical (unpaired) electrons. The summed E-state index contributed by atoms with van der Waals surface area (Å²) in [5, 5.41) is 16.4. The zero-order valence-electron chi connectivity index (χ0n) is 11.7. The van der Waals surface area contributed by atoms with Crippen molar-refractivity contribution in [3.63, 3.8) is 0 Å². The molecule has 20 heavy (non-hydrogen) atoms. The van der Waals surface area contributed by atoms with E-state index < -0.39 is 4.92 Å². The highest BCUT2D eigenvalue weighted by Crippen LogP contribution is 2.27. The van der Waals surface area contributed by atoms with Gasteiger partial charge in [-0.25, -0.2) is 9.97 Å². The number of nitrogens with zero attached hydrogens (tertiary/aromatic N) is 4. The Labute approximate surface area is 116 Å². The molecule has 0 aliphatic rings. The summed E-state index contributed by atoms with van der Waals surface area (Å²) in [6.45, 7) is 4.86. The maximum atomic E-state index is 11.8. The Morgan fingerprint density at radius 1 is 1.35 bits per heavy atom. The average molecular weight is 282 g/mol. The van der Waals surface area contributed by atoms with Crippen molar-refractivity contribution in [3.8, 4) is 0 Å². The molecule has 110 valence electrons. The van der Waals surface area contributed by atoms with Gasteiger partial charge in [-0.05, 0) is 13.8 Å². The van der Waals surface area contributed by atoms with Gasteiger partial charge in [-0.15, -0.1) is 0 Å². The normalized spacial score (nSPS) is 9.95. The molecule has 2 N–H and O–H groups in total. The van der Waals surface area contributed by atoms with Gasteiger partial charge in [-0.1, -0.05) is 0 Å². The van der Waals surface area contributed by atoms with Gasteiger partial charge in [0.15, 0.2) is 0 Å². The SMILES string of the molecule is CCN(CC)C(=O)CNc1ncnc(NC)c1[N+](=O)[O-]. The molecule has 1 amide bonds. The summed E-state index contributed by atoms with van der Waals surface area (Å²) in [5.41, 5.74) is -0.276. The summed E-state index contributed by atoms with van der Waals surface area (Å²) in [7, 11) is 1.53. The van der Waals surface area contributed by atoms with E-state index >= 15 is 0 Å². The lowest BCUT2D eigenvalue weighted by molar-refractivity contribution is -0.383. The van der Waals surface area contributed by atoms with Gasteiger partial charge in [0.25, 0.3) is 0 Å². The lowest BCUT2D eigenvalue weighted by atomic mass is 10.4. The van der Waals surface area contributed by atoms with Gasteiger partial charge >= 0.3 is 5.69 Å². The van der Waals surface area contributed by atoms with Crippen molar-refractivity contribution < 1.29 is 9.72 Å². The van der Waals surface area contributed by atoms with E-state index in [2.05, 4.69) is 20.6 Å². The number of aromatic nitrogens is 2. The summed E-state index contributed by atoms with van der Waals surface area (Å²) in [6.07, 6.45) is 1.20. The van der Waals surface area contributed by atoms with E-state index in [9.17, 15) is 14.9 Å². The first-order valence-corrected chi connectivity index (χ1v) is 6.23. The minimum atomic E-state index is -0.587. The monoisotopic (exact) mass is 282 g/mol. The van der Waals surface area contributed by atoms with E-state index in [1.165, 1.54) is 13.4 Å². The summed E-state index contributed by atoms with van der Waals surface area (Å²) in [4.78, 5) is 31.5. The number of carbonyl (C=O) groups is 1. The van der Waals surface area contributed by atoms with Crippen LogP contribution in [-0.2, 0) is 4.79 Å². The van der Waals surface area contributed by atoms with E-state index in [0.717, 1.165) is 0 Å². The van der Waals surface area contributed by atoms with E-state index in [1.807, 2.05) is 13.8 Å². The van der Waals surface area contributed by atoms with Gasteiger partial charge in [-0.3, -0.25) is 14.9 Å². The topological polar surface area (TPSA) is 113 Å². The first-order chi connectivity index (χ1) is 9.54. The van der Waals surface area contributed by atoms with Crippen LogP contribution in [0, 0.1) is 10.1 Å². The Balaban J connectivity index is 2.88. The summed E-state index contributed by atoms with van der Waals surface area (Å²) in [5.74, 6) is -0.0217. The summed E-state index contributed by atoms with van der Waals surface area (Å²) < 4.78 is 0. The zero-order valence-corrected chi connectivity index (χ0v) is 11.7. The third-order valence-corrected chi connectivity index (χ3v) is 2.76. The lowest BCUT2D eigenvalue weighted by Crippen LogP contribution is -2.35. The molecular formula is C11H18N6O3. The number of likely N-dealkylation sites (N-methyl/N-ethyl adjacent to an activating group) is 1. The fraction of sp³-hybridized carbons (Fsp3) is 0.545. The first kappa shape index (κ1) is 15.6. The number of rotatable bonds is 7. The zero-order chi connectivity index (χ0) is 15.1. The van der Waals surface area contributed by atoms with Gasteiger partial charge in [-0.2, -0.15) is 0 Å². The molecule has 0 fully saturated rings. The molecular weight excluding hydrogens is 264 g/mol. The Hall–Kier alpha value is -2.45. The van der Waals surface area contributed by atoms with Crippen LogP contribution < -0.4 is 10.6 Å². The van der Waals surface area contributed by atoms with Crippen LogP contribution in [-0.4, -0.2) is 52.4 Å². The van der Waals surface area contributed by atoms with E-state index in [0.29, 0.717) is 13.1 Å². The van der Waals surface area contributed by atoms with Crippen LogP contribution in [0.2, 0.25) is 0 Å². The van der Waals surface area contributed by atoms with Crippen molar-refractivity contribution in [2.45, 2.75) is 13.8 Å². The average Bonchev–Trinajstić information content (AvgIpc) is 2.45. The van der Waals surface area contributed by atoms with Gasteiger partial charge in [0.1, 0.15) is 6.33 Å². The second kappa shape index (κ2) is 7.22. The van der Waals surface area contributed by atoms with E-state index in [1.54, 1.807) is 4.90 Å². The Morgan fingerprint density at radius 3 is 2.45 bits per heavy atom. The summed E-state index contributed by atoms with van der Waals surface area (Å²) in [6, 6.07) is 0. The van der Waals surface area contributed by atoms with Crippen LogP contribution in [0.5, 0.6) is 0 Å². The Bertz CT molecular complexity index is 489. The van der Waals surface area contributed by atoms with Crippen LogP contribution in [0.4, 0.5) is 17.3 Å². The number of amides is 1. The largest absolute Gasteiger partial charge is 0.367 e. The lowest BCUT2D eigenvalue weighted by Gasteiger charge is -2.18. The minimum Gasteiger partial charge on any atom is -0.367 e. The predicted molar refractivity (Wildman–Crippen MR) is 74.7 cm³/mol. The maximum absolute atomic E-state index is 11.8. The van der Waals surface area contributed by atoms with Gasteiger partial charge in [0.05, 0.1) is 11.5 Å². The molecule has 9 nitrogen and oxygen atoms in total. The molecule has 0 saturated carbocycles. The van der Waals surface area contributed by atoms with Gasteiger partial charge in [0, 0.05) is 20.1 Å². The predicted octanol–water partition coefficient (Wildman–Crippen LogP) is 0.707. The van der Waals surface area contributed by atoms with Crippen LogP contribution >= 0.6 is 0 Å². The standard InChI is InChI=1S/C11H18N6O3/c1-4-16(5-2)8(18)6-13-11-9(17(19)20)10(12-3)14-7-15-11/h7H,4-6H2,1-3H3,(H2,12,13,14,15). The quantitative estimate of drug-likeness (QED) is 0.559. The Morgan fingerprint density at radius 2 is 1.95 bits per heavy atom. The number of anilines is 2. The maximum Gasteiger partial charge on any atom is 0.353 e. The second-order valence-corrected chi connectivity index (χ2v) is 3.85. The van der Waals surface area contributed by atoms with Crippen molar-refractivity contribution in [1.82, 2.24) is 14.9 Å². The molecule has 1 aromatic rings. The molecule has 0 aromatic carbocycles. The molecule has 0 saturated heterocycles. The molecule has 0 unspecified atom stereocenters. The number of nitrogens with one attached hydrogen (secondary N) is 2. The second-order valence-electron chi connectivity index (χ2n) is 3.85. The van der Waals surface area contributed by atoms with E-state index in [-0.39, 0.29) is 29.8 Å². The van der Waals surface area contributed by atoms with Crippen molar-refractivity contribution in [2.24, 2.45) is 0 Å². The molecule has 0 spiro atoms. The highest BCUT2D eigenvalue weighted by molar-refractivity contribution is 5.82. The highest BCUT2D eigenvalue weighted by Gasteiger charge is 2.22. The molecule has 0 atom stereocenters. The fourth-order valence-electron chi connectivity index (χ4n) is 1.71. The minimum absolute atomic E-state index is 0.0230. The number of hydrogen-bond acceptors (Lipinski definition) is 7. The molecule has 1 rings (SSSR count). The third kappa shape index (κ3) is 3.53. The van der Waals surface area contributed by atoms with Crippen molar-refractivity contribution >= 4 is 23.2 Å². The number of nitro groups is 1. The third-order valence-electron chi connectivity index (χ3n) is 2.76. The first-order valence-electron chi connectivity index (χ1n) is 6.23. The molecule has 0 bridgehead atoms. The van der Waals surface area contributed by atoms with Crippen LogP contribution in [0.3, 0.4) is 0 Å². The van der Waals surface area contributed by atoms with Crippen molar-refractivity contribution in [2.75, 3.05) is 37.3 Å². The Kier molecular flexibility index (Phi) is 5.63. The van der Waals surface area contributed by atoms with Gasteiger partial charge in [0.2, 0.25) is 17.5 Å². The van der Waals surface area contributed by atoms with Crippen LogP contribution in [0.15, 0.2) is 6.33 Å². The van der Waals surface area contributed by atoms with Crippen molar-refractivity contribution in [3.05, 3.63) is 16.4 Å². The number of carbonyl (C=O) groups excluding carboxylic acids is 1. The molecule has 1 heterocycles.